The number of nitrogens with zero attached hydrogens (tertiary/aromatic N) is 1. The highest BCUT2D eigenvalue weighted by molar-refractivity contribution is 6.06. The second-order valence-electron chi connectivity index (χ2n) is 6.09. The molecule has 3 nitrogen and oxygen atoms in total. The Hall–Kier alpha value is -2.39. The molecule has 1 saturated heterocycles. The summed E-state index contributed by atoms with van der Waals surface area (Å²) < 4.78 is 5.37. The van der Waals surface area contributed by atoms with Crippen LogP contribution in [-0.2, 0) is 4.74 Å². The average Bonchev–Trinajstić information content (AvgIpc) is 2.63. The fourth-order valence-electron chi connectivity index (χ4n) is 3.11. The van der Waals surface area contributed by atoms with E-state index in [9.17, 15) is 4.79 Å². The molecular formula is C21H23NO2. The van der Waals surface area contributed by atoms with Gasteiger partial charge in [0.25, 0.3) is 0 Å². The minimum Gasteiger partial charge on any atom is -0.378 e. The number of carbonyl (C=O) groups is 1. The Morgan fingerprint density at radius 2 is 1.75 bits per heavy atom. The van der Waals surface area contributed by atoms with Gasteiger partial charge < -0.3 is 9.64 Å². The molecule has 0 radical (unpaired) electrons. The summed E-state index contributed by atoms with van der Waals surface area (Å²) in [5.41, 5.74) is 5.05. The monoisotopic (exact) mass is 321 g/mol. The highest BCUT2D eigenvalue weighted by Crippen LogP contribution is 2.26. The van der Waals surface area contributed by atoms with Gasteiger partial charge in [0.2, 0.25) is 0 Å². The molecule has 0 aliphatic carbocycles. The van der Waals surface area contributed by atoms with Crippen LogP contribution in [0, 0.1) is 6.92 Å². The smallest absolute Gasteiger partial charge is 0.187 e. The molecule has 0 bridgehead atoms. The molecule has 0 unspecified atom stereocenters. The third-order valence-corrected chi connectivity index (χ3v) is 4.53. The SMILES string of the molecule is C/C(=C\C(=O)c1cccc(-c2ccccc2)c1C)N1CCOCC1. The van der Waals surface area contributed by atoms with Crippen molar-refractivity contribution in [3.63, 3.8) is 0 Å². The van der Waals surface area contributed by atoms with Gasteiger partial charge in [-0.05, 0) is 30.5 Å². The quantitative estimate of drug-likeness (QED) is 0.628. The van der Waals surface area contributed by atoms with Crippen molar-refractivity contribution in [2.45, 2.75) is 13.8 Å². The Balaban J connectivity index is 1.88. The summed E-state index contributed by atoms with van der Waals surface area (Å²) in [5.74, 6) is 0.0641. The number of benzene rings is 2. The largest absolute Gasteiger partial charge is 0.378 e. The number of hydrogen-bond acceptors (Lipinski definition) is 3. The molecule has 1 aliphatic rings. The van der Waals surface area contributed by atoms with E-state index in [1.807, 2.05) is 44.2 Å². The first-order chi connectivity index (χ1) is 11.7. The second-order valence-corrected chi connectivity index (χ2v) is 6.09. The lowest BCUT2D eigenvalue weighted by Gasteiger charge is -2.29. The van der Waals surface area contributed by atoms with Gasteiger partial charge in [0.15, 0.2) is 5.78 Å². The standard InChI is InChI=1S/C21H23NO2/c1-16(22-11-13-24-14-12-22)15-21(23)20-10-6-9-19(17(20)2)18-7-4-3-5-8-18/h3-10,15H,11-14H2,1-2H3/b16-15+. The van der Waals surface area contributed by atoms with Crippen molar-refractivity contribution in [3.05, 3.63) is 71.4 Å². The zero-order chi connectivity index (χ0) is 16.9. The van der Waals surface area contributed by atoms with Crippen molar-refractivity contribution in [2.24, 2.45) is 0 Å². The number of ether oxygens (including phenoxy) is 1. The third kappa shape index (κ3) is 3.57. The lowest BCUT2D eigenvalue weighted by molar-refractivity contribution is 0.0534. The topological polar surface area (TPSA) is 29.5 Å². The van der Waals surface area contributed by atoms with Gasteiger partial charge in [-0.1, -0.05) is 48.5 Å². The van der Waals surface area contributed by atoms with Gasteiger partial charge in [-0.3, -0.25) is 4.79 Å². The first-order valence-corrected chi connectivity index (χ1v) is 8.37. The summed E-state index contributed by atoms with van der Waals surface area (Å²) in [6, 6.07) is 16.1. The molecule has 1 aliphatic heterocycles. The Bertz CT molecular complexity index is 744. The van der Waals surface area contributed by atoms with E-state index in [1.54, 1.807) is 6.08 Å². The van der Waals surface area contributed by atoms with E-state index in [0.29, 0.717) is 0 Å². The average molecular weight is 321 g/mol. The van der Waals surface area contributed by atoms with Crippen LogP contribution in [0.4, 0.5) is 0 Å². The molecule has 3 rings (SSSR count). The molecule has 0 N–H and O–H groups in total. The first-order valence-electron chi connectivity index (χ1n) is 8.37. The maximum Gasteiger partial charge on any atom is 0.187 e. The molecular weight excluding hydrogens is 298 g/mol. The lowest BCUT2D eigenvalue weighted by Crippen LogP contribution is -2.35. The highest BCUT2D eigenvalue weighted by Gasteiger charge is 2.14. The fourth-order valence-corrected chi connectivity index (χ4v) is 3.11. The fraction of sp³-hybridized carbons (Fsp3) is 0.286. The zero-order valence-electron chi connectivity index (χ0n) is 14.3. The van der Waals surface area contributed by atoms with Gasteiger partial charge in [0, 0.05) is 30.4 Å². The molecule has 0 saturated carbocycles. The van der Waals surface area contributed by atoms with E-state index in [-0.39, 0.29) is 5.78 Å². The molecule has 1 heterocycles. The molecule has 124 valence electrons. The summed E-state index contributed by atoms with van der Waals surface area (Å²) in [7, 11) is 0. The molecule has 3 heteroatoms. The van der Waals surface area contributed by atoms with Crippen LogP contribution in [-0.4, -0.2) is 37.0 Å². The minimum absolute atomic E-state index is 0.0641. The van der Waals surface area contributed by atoms with Crippen LogP contribution in [0.3, 0.4) is 0 Å². The Kier molecular flexibility index (Phi) is 5.11. The summed E-state index contributed by atoms with van der Waals surface area (Å²) in [5, 5.41) is 0. The van der Waals surface area contributed by atoms with Crippen LogP contribution < -0.4 is 0 Å². The van der Waals surface area contributed by atoms with Crippen LogP contribution in [0.25, 0.3) is 11.1 Å². The van der Waals surface area contributed by atoms with E-state index in [1.165, 1.54) is 0 Å². The second kappa shape index (κ2) is 7.45. The number of allylic oxidation sites excluding steroid dienone is 2. The predicted octanol–water partition coefficient (Wildman–Crippen LogP) is 4.08. The first kappa shape index (κ1) is 16.5. The van der Waals surface area contributed by atoms with E-state index in [4.69, 9.17) is 4.74 Å². The third-order valence-electron chi connectivity index (χ3n) is 4.53. The summed E-state index contributed by atoms with van der Waals surface area (Å²) in [6.45, 7) is 7.16. The van der Waals surface area contributed by atoms with Crippen molar-refractivity contribution in [2.75, 3.05) is 26.3 Å². The van der Waals surface area contributed by atoms with Gasteiger partial charge in [-0.25, -0.2) is 0 Å². The highest BCUT2D eigenvalue weighted by atomic mass is 16.5. The molecule has 0 atom stereocenters. The zero-order valence-corrected chi connectivity index (χ0v) is 14.3. The molecule has 24 heavy (non-hydrogen) atoms. The number of ketones is 1. The Labute approximate surface area is 143 Å². The van der Waals surface area contributed by atoms with Crippen LogP contribution in [0.2, 0.25) is 0 Å². The van der Waals surface area contributed by atoms with Crippen molar-refractivity contribution in [3.8, 4) is 11.1 Å². The lowest BCUT2D eigenvalue weighted by atomic mass is 9.94. The van der Waals surface area contributed by atoms with Gasteiger partial charge >= 0.3 is 0 Å². The van der Waals surface area contributed by atoms with Gasteiger partial charge in [0.05, 0.1) is 13.2 Å². The summed E-state index contributed by atoms with van der Waals surface area (Å²) in [4.78, 5) is 15.0. The van der Waals surface area contributed by atoms with E-state index in [2.05, 4.69) is 23.1 Å². The van der Waals surface area contributed by atoms with Gasteiger partial charge in [-0.15, -0.1) is 0 Å². The van der Waals surface area contributed by atoms with Crippen LogP contribution in [0.1, 0.15) is 22.8 Å². The number of rotatable bonds is 4. The van der Waals surface area contributed by atoms with E-state index >= 15 is 0 Å². The molecule has 2 aromatic rings. The maximum absolute atomic E-state index is 12.8. The predicted molar refractivity (Wildman–Crippen MR) is 97.1 cm³/mol. The number of morpholine rings is 1. The van der Waals surface area contributed by atoms with Crippen LogP contribution >= 0.6 is 0 Å². The van der Waals surface area contributed by atoms with E-state index < -0.39 is 0 Å². The number of hydrogen-bond donors (Lipinski definition) is 0. The van der Waals surface area contributed by atoms with Crippen LogP contribution in [0.5, 0.6) is 0 Å². The summed E-state index contributed by atoms with van der Waals surface area (Å²) in [6.07, 6.45) is 1.75. The molecule has 2 aromatic carbocycles. The number of carbonyl (C=O) groups excluding carboxylic acids is 1. The Morgan fingerprint density at radius 1 is 1.04 bits per heavy atom. The van der Waals surface area contributed by atoms with Crippen LogP contribution in [0.15, 0.2) is 60.3 Å². The van der Waals surface area contributed by atoms with Gasteiger partial charge in [-0.2, -0.15) is 0 Å². The molecule has 0 aromatic heterocycles. The molecule has 0 spiro atoms. The maximum atomic E-state index is 12.8. The van der Waals surface area contributed by atoms with Gasteiger partial charge in [0.1, 0.15) is 0 Å². The molecule has 1 fully saturated rings. The van der Waals surface area contributed by atoms with Crippen molar-refractivity contribution in [1.29, 1.82) is 0 Å². The summed E-state index contributed by atoms with van der Waals surface area (Å²) >= 11 is 0. The molecule has 0 amide bonds. The van der Waals surface area contributed by atoms with Crippen molar-refractivity contribution >= 4 is 5.78 Å². The van der Waals surface area contributed by atoms with E-state index in [0.717, 1.165) is 54.3 Å². The van der Waals surface area contributed by atoms with Crippen molar-refractivity contribution < 1.29 is 9.53 Å². The normalized spacial score (nSPS) is 15.4. The Morgan fingerprint density at radius 3 is 2.46 bits per heavy atom. The minimum atomic E-state index is 0.0641. The van der Waals surface area contributed by atoms with Crippen molar-refractivity contribution in [1.82, 2.24) is 4.90 Å².